The molecule has 120 valence electrons. The number of benzene rings is 2. The Morgan fingerprint density at radius 1 is 1.13 bits per heavy atom. The first-order valence-corrected chi connectivity index (χ1v) is 7.56. The van der Waals surface area contributed by atoms with Crippen molar-refractivity contribution in [3.8, 4) is 5.75 Å². The smallest absolute Gasteiger partial charge is 0.129 e. The molecule has 1 saturated heterocycles. The highest BCUT2D eigenvalue weighted by molar-refractivity contribution is 5.86. The third-order valence-electron chi connectivity index (χ3n) is 3.77. The molecule has 5 heteroatoms. The van der Waals surface area contributed by atoms with Crippen molar-refractivity contribution in [2.45, 2.75) is 0 Å². The largest absolute Gasteiger partial charge is 0.496 e. The monoisotopic (exact) mass is 314 g/mol. The van der Waals surface area contributed by atoms with Gasteiger partial charge in [-0.15, -0.1) is 0 Å². The average molecular weight is 314 g/mol. The molecule has 1 heterocycles. The first-order valence-electron chi connectivity index (χ1n) is 7.56. The highest BCUT2D eigenvalue weighted by atomic mass is 19.1. The highest BCUT2D eigenvalue weighted by Gasteiger charge is 2.13. The van der Waals surface area contributed by atoms with E-state index in [1.807, 2.05) is 12.1 Å². The van der Waals surface area contributed by atoms with E-state index in [1.165, 1.54) is 12.1 Å². The molecule has 0 bridgehead atoms. The molecule has 0 atom stereocenters. The number of nitrogens with zero attached hydrogens (tertiary/aromatic N) is 2. The van der Waals surface area contributed by atoms with Crippen LogP contribution in [0.4, 0.5) is 15.8 Å². The summed E-state index contributed by atoms with van der Waals surface area (Å²) in [7, 11) is 1.65. The highest BCUT2D eigenvalue weighted by Crippen LogP contribution is 2.26. The van der Waals surface area contributed by atoms with Crippen molar-refractivity contribution in [2.75, 3.05) is 38.3 Å². The van der Waals surface area contributed by atoms with Crippen molar-refractivity contribution in [2.24, 2.45) is 4.99 Å². The fraction of sp³-hybridized carbons (Fsp3) is 0.278. The van der Waals surface area contributed by atoms with Crippen LogP contribution in [0.25, 0.3) is 0 Å². The average Bonchev–Trinajstić information content (AvgIpc) is 2.62. The van der Waals surface area contributed by atoms with Crippen molar-refractivity contribution in [3.05, 3.63) is 53.8 Å². The molecule has 0 unspecified atom stereocenters. The van der Waals surface area contributed by atoms with E-state index in [2.05, 4.69) is 16.0 Å². The van der Waals surface area contributed by atoms with Crippen LogP contribution in [-0.4, -0.2) is 39.6 Å². The summed E-state index contributed by atoms with van der Waals surface area (Å²) in [5.41, 5.74) is 2.70. The van der Waals surface area contributed by atoms with Gasteiger partial charge in [0, 0.05) is 36.6 Å². The third kappa shape index (κ3) is 3.87. The molecule has 2 aromatic rings. The molecule has 0 saturated carbocycles. The number of anilines is 1. The van der Waals surface area contributed by atoms with E-state index in [0.29, 0.717) is 5.69 Å². The fourth-order valence-corrected chi connectivity index (χ4v) is 2.50. The van der Waals surface area contributed by atoms with Gasteiger partial charge in [0.2, 0.25) is 0 Å². The topological polar surface area (TPSA) is 34.1 Å². The Hall–Kier alpha value is -2.40. The van der Waals surface area contributed by atoms with Gasteiger partial charge in [-0.2, -0.15) is 0 Å². The minimum absolute atomic E-state index is 0.267. The maximum atomic E-state index is 12.9. The molecule has 2 aromatic carbocycles. The van der Waals surface area contributed by atoms with Crippen molar-refractivity contribution < 1.29 is 13.9 Å². The van der Waals surface area contributed by atoms with Crippen LogP contribution in [-0.2, 0) is 4.74 Å². The predicted molar refractivity (Wildman–Crippen MR) is 89.7 cm³/mol. The van der Waals surface area contributed by atoms with Crippen LogP contribution in [0.1, 0.15) is 5.56 Å². The summed E-state index contributed by atoms with van der Waals surface area (Å²) >= 11 is 0. The second-order valence-electron chi connectivity index (χ2n) is 5.26. The lowest BCUT2D eigenvalue weighted by molar-refractivity contribution is 0.122. The molecule has 0 N–H and O–H groups in total. The van der Waals surface area contributed by atoms with E-state index in [1.54, 1.807) is 25.5 Å². The summed E-state index contributed by atoms with van der Waals surface area (Å²) in [4.78, 5) is 6.63. The summed E-state index contributed by atoms with van der Waals surface area (Å²) in [6, 6.07) is 12.1. The molecule has 0 aliphatic carbocycles. The molecular weight excluding hydrogens is 295 g/mol. The molecule has 0 amide bonds. The number of morpholine rings is 1. The van der Waals surface area contributed by atoms with E-state index >= 15 is 0 Å². The first-order chi connectivity index (χ1) is 11.3. The van der Waals surface area contributed by atoms with E-state index in [4.69, 9.17) is 9.47 Å². The van der Waals surface area contributed by atoms with Gasteiger partial charge in [0.15, 0.2) is 0 Å². The van der Waals surface area contributed by atoms with Crippen LogP contribution in [0.15, 0.2) is 47.5 Å². The number of methoxy groups -OCH3 is 1. The maximum absolute atomic E-state index is 12.9. The normalized spacial score (nSPS) is 15.1. The first kappa shape index (κ1) is 15.5. The van der Waals surface area contributed by atoms with Crippen LogP contribution in [0.3, 0.4) is 0 Å². The molecule has 23 heavy (non-hydrogen) atoms. The summed E-state index contributed by atoms with van der Waals surface area (Å²) in [6.07, 6.45) is 1.73. The number of halogens is 1. The van der Waals surface area contributed by atoms with Crippen LogP contribution < -0.4 is 9.64 Å². The fourth-order valence-electron chi connectivity index (χ4n) is 2.50. The van der Waals surface area contributed by atoms with Crippen LogP contribution >= 0.6 is 0 Å². The van der Waals surface area contributed by atoms with Gasteiger partial charge in [-0.3, -0.25) is 4.99 Å². The third-order valence-corrected chi connectivity index (χ3v) is 3.77. The second kappa shape index (κ2) is 7.24. The summed E-state index contributed by atoms with van der Waals surface area (Å²) in [5.74, 6) is 0.497. The molecule has 1 aliphatic rings. The van der Waals surface area contributed by atoms with E-state index in [-0.39, 0.29) is 5.82 Å². The molecule has 0 spiro atoms. The zero-order chi connectivity index (χ0) is 16.1. The van der Waals surface area contributed by atoms with E-state index < -0.39 is 0 Å². The SMILES string of the molecule is COc1cc(N2CCOCC2)ccc1C=Nc1ccc(F)cc1. The Kier molecular flexibility index (Phi) is 4.88. The molecule has 3 rings (SSSR count). The van der Waals surface area contributed by atoms with Crippen LogP contribution in [0.2, 0.25) is 0 Å². The Morgan fingerprint density at radius 3 is 2.57 bits per heavy atom. The van der Waals surface area contributed by atoms with Gasteiger partial charge in [0.25, 0.3) is 0 Å². The Morgan fingerprint density at radius 2 is 1.87 bits per heavy atom. The standard InChI is InChI=1S/C18H19FN2O2/c1-22-18-12-17(21-8-10-23-11-9-21)7-2-14(18)13-20-16-5-3-15(19)4-6-16/h2-7,12-13H,8-11H2,1H3. The molecule has 0 radical (unpaired) electrons. The van der Waals surface area contributed by atoms with E-state index in [0.717, 1.165) is 43.3 Å². The predicted octanol–water partition coefficient (Wildman–Crippen LogP) is 3.42. The molecule has 1 fully saturated rings. The van der Waals surface area contributed by atoms with Crippen LogP contribution in [0.5, 0.6) is 5.75 Å². The van der Waals surface area contributed by atoms with Crippen molar-refractivity contribution >= 4 is 17.6 Å². The summed E-state index contributed by atoms with van der Waals surface area (Å²) in [6.45, 7) is 3.25. The second-order valence-corrected chi connectivity index (χ2v) is 5.26. The lowest BCUT2D eigenvalue weighted by atomic mass is 10.1. The van der Waals surface area contributed by atoms with Gasteiger partial charge >= 0.3 is 0 Å². The van der Waals surface area contributed by atoms with Crippen LogP contribution in [0, 0.1) is 5.82 Å². The zero-order valence-electron chi connectivity index (χ0n) is 13.0. The van der Waals surface area contributed by atoms with Gasteiger partial charge in [0.05, 0.1) is 26.0 Å². The number of ether oxygens (including phenoxy) is 2. The van der Waals surface area contributed by atoms with Gasteiger partial charge < -0.3 is 14.4 Å². The zero-order valence-corrected chi connectivity index (χ0v) is 13.0. The summed E-state index contributed by atoms with van der Waals surface area (Å²) < 4.78 is 23.8. The van der Waals surface area contributed by atoms with Gasteiger partial charge in [0.1, 0.15) is 11.6 Å². The Labute approximate surface area is 135 Å². The van der Waals surface area contributed by atoms with Gasteiger partial charge in [-0.1, -0.05) is 0 Å². The summed E-state index contributed by atoms with van der Waals surface area (Å²) in [5, 5.41) is 0. The Balaban J connectivity index is 1.80. The number of hydrogen-bond acceptors (Lipinski definition) is 4. The van der Waals surface area contributed by atoms with Gasteiger partial charge in [-0.25, -0.2) is 4.39 Å². The number of rotatable bonds is 4. The van der Waals surface area contributed by atoms with E-state index in [9.17, 15) is 4.39 Å². The van der Waals surface area contributed by atoms with Crippen molar-refractivity contribution in [3.63, 3.8) is 0 Å². The Bertz CT molecular complexity index is 680. The number of hydrogen-bond donors (Lipinski definition) is 0. The van der Waals surface area contributed by atoms with Crippen molar-refractivity contribution in [1.29, 1.82) is 0 Å². The minimum atomic E-state index is -0.267. The lowest BCUT2D eigenvalue weighted by Crippen LogP contribution is -2.36. The van der Waals surface area contributed by atoms with Gasteiger partial charge in [-0.05, 0) is 36.4 Å². The molecule has 0 aromatic heterocycles. The maximum Gasteiger partial charge on any atom is 0.129 e. The minimum Gasteiger partial charge on any atom is -0.496 e. The quantitative estimate of drug-likeness (QED) is 0.811. The molecule has 4 nitrogen and oxygen atoms in total. The lowest BCUT2D eigenvalue weighted by Gasteiger charge is -2.29. The molecule has 1 aliphatic heterocycles. The number of aliphatic imine (C=N–C) groups is 1. The molecular formula is C18H19FN2O2. The van der Waals surface area contributed by atoms with Crippen molar-refractivity contribution in [1.82, 2.24) is 0 Å².